The molecule has 2 rings (SSSR count). The molecule has 0 atom stereocenters. The molecule has 0 aliphatic heterocycles. The first-order chi connectivity index (χ1) is 9.97. The molecule has 0 aliphatic rings. The lowest BCUT2D eigenvalue weighted by Crippen LogP contribution is -2.20. The summed E-state index contributed by atoms with van der Waals surface area (Å²) in [7, 11) is 0. The van der Waals surface area contributed by atoms with Crippen molar-refractivity contribution in [2.45, 2.75) is 6.92 Å². The van der Waals surface area contributed by atoms with Gasteiger partial charge in [-0.05, 0) is 30.7 Å². The Hall–Kier alpha value is -3.09. The molecule has 2 aromatic rings. The number of aromatic hydroxyl groups is 1. The first-order valence-corrected chi connectivity index (χ1v) is 6.08. The lowest BCUT2D eigenvalue weighted by atomic mass is 10.2. The van der Waals surface area contributed by atoms with Gasteiger partial charge >= 0.3 is 6.03 Å². The van der Waals surface area contributed by atoms with Gasteiger partial charge in [-0.25, -0.2) is 4.79 Å². The summed E-state index contributed by atoms with van der Waals surface area (Å²) in [5.41, 5.74) is 0.883. The zero-order valence-electron chi connectivity index (χ0n) is 11.2. The third-order valence-corrected chi connectivity index (χ3v) is 2.73. The van der Waals surface area contributed by atoms with Crippen molar-refractivity contribution in [3.8, 4) is 5.75 Å². The van der Waals surface area contributed by atoms with Crippen molar-refractivity contribution in [1.29, 1.82) is 0 Å². The maximum Gasteiger partial charge on any atom is 0.323 e. The van der Waals surface area contributed by atoms with Crippen LogP contribution in [0.5, 0.6) is 5.75 Å². The summed E-state index contributed by atoms with van der Waals surface area (Å²) < 4.78 is 0. The molecule has 21 heavy (non-hydrogen) atoms. The molecule has 3 N–H and O–H groups in total. The smallest absolute Gasteiger partial charge is 0.323 e. The van der Waals surface area contributed by atoms with Crippen LogP contribution in [0.15, 0.2) is 42.5 Å². The first kappa shape index (κ1) is 14.3. The maximum atomic E-state index is 11.9. The number of nitrogens with zero attached hydrogens (tertiary/aromatic N) is 1. The van der Waals surface area contributed by atoms with E-state index in [-0.39, 0.29) is 17.1 Å². The Balaban J connectivity index is 2.18. The van der Waals surface area contributed by atoms with Gasteiger partial charge in [0.25, 0.3) is 5.69 Å². The molecule has 0 heterocycles. The van der Waals surface area contributed by atoms with E-state index in [2.05, 4.69) is 10.6 Å². The number of aryl methyl sites for hydroxylation is 1. The van der Waals surface area contributed by atoms with Gasteiger partial charge in [-0.15, -0.1) is 0 Å². The molecule has 2 aromatic carbocycles. The molecule has 0 saturated heterocycles. The SMILES string of the molecule is Cc1cccc(NC(=O)Nc2c(O)cccc2[N+](=O)[O-])c1. The van der Waals surface area contributed by atoms with Crippen molar-refractivity contribution in [3.63, 3.8) is 0 Å². The third-order valence-electron chi connectivity index (χ3n) is 2.73. The molecule has 7 nitrogen and oxygen atoms in total. The average Bonchev–Trinajstić information content (AvgIpc) is 2.40. The van der Waals surface area contributed by atoms with Crippen LogP contribution in [0.25, 0.3) is 0 Å². The molecule has 0 unspecified atom stereocenters. The molecule has 0 fully saturated rings. The number of hydrogen-bond acceptors (Lipinski definition) is 4. The van der Waals surface area contributed by atoms with Gasteiger partial charge in [0.15, 0.2) is 5.69 Å². The van der Waals surface area contributed by atoms with E-state index in [0.29, 0.717) is 5.69 Å². The van der Waals surface area contributed by atoms with Crippen LogP contribution in [0, 0.1) is 17.0 Å². The Kier molecular flexibility index (Phi) is 4.03. The van der Waals surface area contributed by atoms with Gasteiger partial charge < -0.3 is 10.4 Å². The van der Waals surface area contributed by atoms with Gasteiger partial charge in [-0.1, -0.05) is 18.2 Å². The molecule has 0 aromatic heterocycles. The molecule has 0 aliphatic carbocycles. The van der Waals surface area contributed by atoms with E-state index in [9.17, 15) is 20.0 Å². The number of phenols is 1. The minimum atomic E-state index is -0.679. The molecule has 0 radical (unpaired) electrons. The molecular weight excluding hydrogens is 274 g/mol. The number of amides is 2. The molecule has 0 spiro atoms. The maximum absolute atomic E-state index is 11.9. The van der Waals surface area contributed by atoms with E-state index in [0.717, 1.165) is 5.56 Å². The number of benzene rings is 2. The van der Waals surface area contributed by atoms with E-state index in [1.165, 1.54) is 18.2 Å². The molecule has 108 valence electrons. The molecule has 0 bridgehead atoms. The Morgan fingerprint density at radius 2 is 1.90 bits per heavy atom. The van der Waals surface area contributed by atoms with E-state index >= 15 is 0 Å². The largest absolute Gasteiger partial charge is 0.505 e. The third kappa shape index (κ3) is 3.47. The van der Waals surface area contributed by atoms with E-state index in [4.69, 9.17) is 0 Å². The number of anilines is 2. The summed E-state index contributed by atoms with van der Waals surface area (Å²) in [5, 5.41) is 25.4. The second-order valence-corrected chi connectivity index (χ2v) is 4.38. The van der Waals surface area contributed by atoms with Crippen LogP contribution in [0.2, 0.25) is 0 Å². The highest BCUT2D eigenvalue weighted by atomic mass is 16.6. The fourth-order valence-electron chi connectivity index (χ4n) is 1.81. The topological polar surface area (TPSA) is 104 Å². The highest BCUT2D eigenvalue weighted by molar-refractivity contribution is 6.02. The van der Waals surface area contributed by atoms with Crippen LogP contribution in [0.1, 0.15) is 5.56 Å². The number of nitro benzene ring substituents is 1. The Labute approximate surface area is 120 Å². The lowest BCUT2D eigenvalue weighted by molar-refractivity contribution is -0.384. The summed E-state index contributed by atoms with van der Waals surface area (Å²) in [5.74, 6) is -0.372. The quantitative estimate of drug-likeness (QED) is 0.457. The van der Waals surface area contributed by atoms with Crippen LogP contribution in [0.4, 0.5) is 21.9 Å². The van der Waals surface area contributed by atoms with Gasteiger partial charge in [0.1, 0.15) is 5.75 Å². The van der Waals surface area contributed by atoms with Crippen molar-refractivity contribution in [3.05, 3.63) is 58.1 Å². The van der Waals surface area contributed by atoms with Crippen LogP contribution < -0.4 is 10.6 Å². The number of nitrogens with one attached hydrogen (secondary N) is 2. The number of nitro groups is 1. The van der Waals surface area contributed by atoms with E-state index < -0.39 is 11.0 Å². The Morgan fingerprint density at radius 3 is 2.57 bits per heavy atom. The number of rotatable bonds is 3. The Bertz CT molecular complexity index is 700. The summed E-state index contributed by atoms with van der Waals surface area (Å²) in [4.78, 5) is 22.1. The van der Waals surface area contributed by atoms with Crippen molar-refractivity contribution in [1.82, 2.24) is 0 Å². The highest BCUT2D eigenvalue weighted by Gasteiger charge is 2.19. The van der Waals surface area contributed by atoms with Crippen molar-refractivity contribution >= 4 is 23.1 Å². The van der Waals surface area contributed by atoms with Crippen LogP contribution in [-0.2, 0) is 0 Å². The molecular formula is C14H13N3O4. The normalized spacial score (nSPS) is 9.95. The first-order valence-electron chi connectivity index (χ1n) is 6.08. The van der Waals surface area contributed by atoms with Crippen LogP contribution in [0.3, 0.4) is 0 Å². The molecule has 0 saturated carbocycles. The Morgan fingerprint density at radius 1 is 1.19 bits per heavy atom. The van der Waals surface area contributed by atoms with Gasteiger partial charge in [-0.3, -0.25) is 15.4 Å². The minimum Gasteiger partial charge on any atom is -0.505 e. The van der Waals surface area contributed by atoms with Crippen molar-refractivity contribution in [2.75, 3.05) is 10.6 Å². The van der Waals surface area contributed by atoms with Gasteiger partial charge in [0.2, 0.25) is 0 Å². The fraction of sp³-hybridized carbons (Fsp3) is 0.0714. The number of carbonyl (C=O) groups excluding carboxylic acids is 1. The van der Waals surface area contributed by atoms with Gasteiger partial charge in [0.05, 0.1) is 4.92 Å². The van der Waals surface area contributed by atoms with Gasteiger partial charge in [0, 0.05) is 11.8 Å². The zero-order chi connectivity index (χ0) is 15.4. The second kappa shape index (κ2) is 5.91. The average molecular weight is 287 g/mol. The summed E-state index contributed by atoms with van der Waals surface area (Å²) in [6.07, 6.45) is 0. The summed E-state index contributed by atoms with van der Waals surface area (Å²) in [6.45, 7) is 1.87. The number of urea groups is 1. The number of hydrogen-bond donors (Lipinski definition) is 3. The molecule has 7 heteroatoms. The summed E-state index contributed by atoms with van der Waals surface area (Å²) in [6, 6.07) is 10.2. The van der Waals surface area contributed by atoms with E-state index in [1.807, 2.05) is 13.0 Å². The zero-order valence-corrected chi connectivity index (χ0v) is 11.2. The van der Waals surface area contributed by atoms with E-state index in [1.54, 1.807) is 18.2 Å². The minimum absolute atomic E-state index is 0.243. The lowest BCUT2D eigenvalue weighted by Gasteiger charge is -2.09. The second-order valence-electron chi connectivity index (χ2n) is 4.38. The van der Waals surface area contributed by atoms with Crippen molar-refractivity contribution < 1.29 is 14.8 Å². The van der Waals surface area contributed by atoms with Crippen LogP contribution in [-0.4, -0.2) is 16.1 Å². The predicted molar refractivity (Wildman–Crippen MR) is 78.6 cm³/mol. The number of carbonyl (C=O) groups is 1. The fourth-order valence-corrected chi connectivity index (χ4v) is 1.81. The number of phenolic OH excluding ortho intramolecular Hbond substituents is 1. The highest BCUT2D eigenvalue weighted by Crippen LogP contribution is 2.33. The number of para-hydroxylation sites is 1. The molecule has 2 amide bonds. The van der Waals surface area contributed by atoms with Crippen molar-refractivity contribution in [2.24, 2.45) is 0 Å². The van der Waals surface area contributed by atoms with Gasteiger partial charge in [-0.2, -0.15) is 0 Å². The standard InChI is InChI=1S/C14H13N3O4/c1-9-4-2-5-10(8-9)15-14(19)16-13-11(17(20)21)6-3-7-12(13)18/h2-8,18H,1H3,(H2,15,16,19). The van der Waals surface area contributed by atoms with Crippen LogP contribution >= 0.6 is 0 Å². The summed E-state index contributed by atoms with van der Waals surface area (Å²) >= 11 is 0. The monoisotopic (exact) mass is 287 g/mol. The predicted octanol–water partition coefficient (Wildman–Crippen LogP) is 3.25.